The van der Waals surface area contributed by atoms with E-state index in [1.54, 1.807) is 6.92 Å². The van der Waals surface area contributed by atoms with Crippen molar-refractivity contribution in [1.29, 1.82) is 0 Å². The molecule has 7 nitrogen and oxygen atoms in total. The first-order chi connectivity index (χ1) is 13.0. The fourth-order valence-corrected chi connectivity index (χ4v) is 4.75. The van der Waals surface area contributed by atoms with Crippen molar-refractivity contribution in [2.75, 3.05) is 50.0 Å². The van der Waals surface area contributed by atoms with Gasteiger partial charge in [0.2, 0.25) is 15.9 Å². The van der Waals surface area contributed by atoms with Crippen molar-refractivity contribution in [3.8, 4) is 0 Å². The first-order valence-electron chi connectivity index (χ1n) is 9.67. The average Bonchev–Trinajstić information content (AvgIpc) is 2.73. The number of rotatable bonds is 6. The molecule has 1 N–H and O–H groups in total. The maximum absolute atomic E-state index is 12.5. The SMILES string of the molecule is CCS(=O)(=O)N1CCCC(C(=O)NCc2ccc(N3CCOCC3)cc2)C1. The maximum Gasteiger partial charge on any atom is 0.224 e. The third kappa shape index (κ3) is 5.21. The molecule has 27 heavy (non-hydrogen) atoms. The number of nitrogens with zero attached hydrogens (tertiary/aromatic N) is 2. The van der Waals surface area contributed by atoms with Gasteiger partial charge < -0.3 is 15.0 Å². The van der Waals surface area contributed by atoms with Crippen molar-refractivity contribution < 1.29 is 17.9 Å². The lowest BCUT2D eigenvalue weighted by Gasteiger charge is -2.31. The highest BCUT2D eigenvalue weighted by Gasteiger charge is 2.31. The first-order valence-corrected chi connectivity index (χ1v) is 11.3. The molecule has 0 bridgehead atoms. The quantitative estimate of drug-likeness (QED) is 0.783. The topological polar surface area (TPSA) is 79.0 Å². The van der Waals surface area contributed by atoms with Crippen molar-refractivity contribution in [3.05, 3.63) is 29.8 Å². The summed E-state index contributed by atoms with van der Waals surface area (Å²) in [7, 11) is -3.23. The highest BCUT2D eigenvalue weighted by atomic mass is 32.2. The monoisotopic (exact) mass is 395 g/mol. The third-order valence-corrected chi connectivity index (χ3v) is 7.14. The van der Waals surface area contributed by atoms with Crippen molar-refractivity contribution >= 4 is 21.6 Å². The Bertz CT molecular complexity index is 730. The highest BCUT2D eigenvalue weighted by Crippen LogP contribution is 2.20. The Balaban J connectivity index is 1.51. The summed E-state index contributed by atoms with van der Waals surface area (Å²) >= 11 is 0. The molecule has 1 atom stereocenters. The van der Waals surface area contributed by atoms with E-state index < -0.39 is 10.0 Å². The number of hydrogen-bond donors (Lipinski definition) is 1. The number of amides is 1. The molecule has 2 saturated heterocycles. The Morgan fingerprint density at radius 2 is 1.89 bits per heavy atom. The second-order valence-electron chi connectivity index (χ2n) is 7.08. The third-order valence-electron chi connectivity index (χ3n) is 5.29. The molecule has 0 aromatic heterocycles. The van der Waals surface area contributed by atoms with E-state index in [4.69, 9.17) is 4.74 Å². The van der Waals surface area contributed by atoms with Crippen molar-refractivity contribution in [3.63, 3.8) is 0 Å². The van der Waals surface area contributed by atoms with Gasteiger partial charge in [-0.1, -0.05) is 12.1 Å². The van der Waals surface area contributed by atoms with E-state index in [2.05, 4.69) is 22.3 Å². The van der Waals surface area contributed by atoms with Crippen LogP contribution in [-0.4, -0.2) is 63.8 Å². The lowest BCUT2D eigenvalue weighted by molar-refractivity contribution is -0.126. The Morgan fingerprint density at radius 3 is 2.56 bits per heavy atom. The predicted octanol–water partition coefficient (Wildman–Crippen LogP) is 1.20. The van der Waals surface area contributed by atoms with E-state index in [0.717, 1.165) is 44.7 Å². The zero-order chi connectivity index (χ0) is 19.3. The van der Waals surface area contributed by atoms with Crippen LogP contribution in [0.15, 0.2) is 24.3 Å². The average molecular weight is 396 g/mol. The summed E-state index contributed by atoms with van der Waals surface area (Å²) in [6.45, 7) is 6.21. The van der Waals surface area contributed by atoms with E-state index >= 15 is 0 Å². The van der Waals surface area contributed by atoms with Crippen LogP contribution < -0.4 is 10.2 Å². The Morgan fingerprint density at radius 1 is 1.19 bits per heavy atom. The van der Waals surface area contributed by atoms with Gasteiger partial charge in [-0.2, -0.15) is 0 Å². The van der Waals surface area contributed by atoms with Gasteiger partial charge in [-0.3, -0.25) is 4.79 Å². The van der Waals surface area contributed by atoms with Gasteiger partial charge >= 0.3 is 0 Å². The van der Waals surface area contributed by atoms with Gasteiger partial charge in [-0.25, -0.2) is 12.7 Å². The maximum atomic E-state index is 12.5. The van der Waals surface area contributed by atoms with Gasteiger partial charge in [-0.15, -0.1) is 0 Å². The van der Waals surface area contributed by atoms with Crippen LogP contribution in [0.3, 0.4) is 0 Å². The molecule has 150 valence electrons. The van der Waals surface area contributed by atoms with Crippen molar-refractivity contribution in [2.45, 2.75) is 26.3 Å². The molecule has 0 radical (unpaired) electrons. The minimum Gasteiger partial charge on any atom is -0.378 e. The Hall–Kier alpha value is -1.64. The van der Waals surface area contributed by atoms with Crippen LogP contribution >= 0.6 is 0 Å². The predicted molar refractivity (Wildman–Crippen MR) is 105 cm³/mol. The molecule has 8 heteroatoms. The fraction of sp³-hybridized carbons (Fsp3) is 0.632. The number of nitrogens with one attached hydrogen (secondary N) is 1. The van der Waals surface area contributed by atoms with E-state index in [1.165, 1.54) is 9.99 Å². The molecule has 2 heterocycles. The molecule has 2 aliphatic rings. The molecule has 0 spiro atoms. The van der Waals surface area contributed by atoms with Gasteiger partial charge in [-0.05, 0) is 37.5 Å². The molecule has 0 saturated carbocycles. The summed E-state index contributed by atoms with van der Waals surface area (Å²) < 4.78 is 30.9. The Labute approximate surface area is 161 Å². The lowest BCUT2D eigenvalue weighted by atomic mass is 9.98. The largest absolute Gasteiger partial charge is 0.378 e. The molecule has 0 aliphatic carbocycles. The van der Waals surface area contributed by atoms with Crippen molar-refractivity contribution in [2.24, 2.45) is 5.92 Å². The molecule has 1 aromatic carbocycles. The molecule has 2 aliphatic heterocycles. The van der Waals surface area contributed by atoms with Gasteiger partial charge in [0, 0.05) is 38.4 Å². The summed E-state index contributed by atoms with van der Waals surface area (Å²) in [5.41, 5.74) is 2.20. The number of carbonyl (C=O) groups is 1. The number of carbonyl (C=O) groups excluding carboxylic acids is 1. The van der Waals surface area contributed by atoms with Crippen molar-refractivity contribution in [1.82, 2.24) is 9.62 Å². The minimum absolute atomic E-state index is 0.0664. The molecule has 2 fully saturated rings. The zero-order valence-corrected chi connectivity index (χ0v) is 16.7. The zero-order valence-electron chi connectivity index (χ0n) is 15.9. The smallest absolute Gasteiger partial charge is 0.224 e. The van der Waals surface area contributed by atoms with Crippen LogP contribution in [-0.2, 0) is 26.1 Å². The standard InChI is InChI=1S/C19H29N3O4S/c1-2-27(24,25)22-9-3-4-17(15-22)19(23)20-14-16-5-7-18(8-6-16)21-10-12-26-13-11-21/h5-8,17H,2-4,9-15H2,1H3,(H,20,23). The summed E-state index contributed by atoms with van der Waals surface area (Å²) in [6, 6.07) is 8.20. The lowest BCUT2D eigenvalue weighted by Crippen LogP contribution is -2.45. The van der Waals surface area contributed by atoms with E-state index in [1.807, 2.05) is 12.1 Å². The number of ether oxygens (including phenoxy) is 1. The van der Waals surface area contributed by atoms with Crippen LogP contribution in [0.2, 0.25) is 0 Å². The minimum atomic E-state index is -3.23. The molecular formula is C19H29N3O4S. The molecular weight excluding hydrogens is 366 g/mol. The molecule has 1 amide bonds. The van der Waals surface area contributed by atoms with Gasteiger partial charge in [0.15, 0.2) is 0 Å². The number of benzene rings is 1. The van der Waals surface area contributed by atoms with Gasteiger partial charge in [0.25, 0.3) is 0 Å². The Kier molecular flexibility index (Phi) is 6.73. The summed E-state index contributed by atoms with van der Waals surface area (Å²) in [4.78, 5) is 14.8. The second-order valence-corrected chi connectivity index (χ2v) is 9.34. The fourth-order valence-electron chi connectivity index (χ4n) is 3.57. The molecule has 3 rings (SSSR count). The summed E-state index contributed by atoms with van der Waals surface area (Å²) in [5.74, 6) is -0.257. The molecule has 1 unspecified atom stereocenters. The van der Waals surface area contributed by atoms with E-state index in [-0.39, 0.29) is 24.1 Å². The van der Waals surface area contributed by atoms with Gasteiger partial charge in [0.1, 0.15) is 0 Å². The number of morpholine rings is 1. The van der Waals surface area contributed by atoms with E-state index in [0.29, 0.717) is 13.1 Å². The van der Waals surface area contributed by atoms with Crippen LogP contribution in [0.25, 0.3) is 0 Å². The normalized spacial score (nSPS) is 21.8. The van der Waals surface area contributed by atoms with E-state index in [9.17, 15) is 13.2 Å². The second kappa shape index (κ2) is 9.03. The van der Waals surface area contributed by atoms with Gasteiger partial charge in [0.05, 0.1) is 24.9 Å². The van der Waals surface area contributed by atoms with Crippen LogP contribution in [0.5, 0.6) is 0 Å². The number of sulfonamides is 1. The highest BCUT2D eigenvalue weighted by molar-refractivity contribution is 7.89. The summed E-state index contributed by atoms with van der Waals surface area (Å²) in [5, 5.41) is 2.96. The molecule has 1 aromatic rings. The first kappa shape index (κ1) is 20.1. The summed E-state index contributed by atoms with van der Waals surface area (Å²) in [6.07, 6.45) is 1.46. The number of anilines is 1. The van der Waals surface area contributed by atoms with Crippen LogP contribution in [0.4, 0.5) is 5.69 Å². The van der Waals surface area contributed by atoms with Crippen LogP contribution in [0.1, 0.15) is 25.3 Å². The number of hydrogen-bond acceptors (Lipinski definition) is 5. The number of piperidine rings is 1. The van der Waals surface area contributed by atoms with Crippen LogP contribution in [0, 0.1) is 5.92 Å².